The first-order valence-electron chi connectivity index (χ1n) is 6.07. The molecule has 1 saturated carbocycles. The van der Waals surface area contributed by atoms with Crippen LogP contribution in [0.1, 0.15) is 46.5 Å². The van der Waals surface area contributed by atoms with Crippen LogP contribution in [0.15, 0.2) is 0 Å². The maximum atomic E-state index is 11.3. The third kappa shape index (κ3) is 3.49. The second-order valence-electron chi connectivity index (χ2n) is 5.11. The molecule has 2 N–H and O–H groups in total. The van der Waals surface area contributed by atoms with Gasteiger partial charge in [-0.3, -0.25) is 9.69 Å². The quantitative estimate of drug-likeness (QED) is 0.755. The van der Waals surface area contributed by atoms with Gasteiger partial charge in [0.15, 0.2) is 0 Å². The smallest absolute Gasteiger partial charge is 0.234 e. The molecule has 0 aromatic heterocycles. The normalized spacial score (nSPS) is 20.1. The van der Waals surface area contributed by atoms with E-state index in [0.717, 1.165) is 6.54 Å². The van der Waals surface area contributed by atoms with Gasteiger partial charge in [0.25, 0.3) is 0 Å². The van der Waals surface area contributed by atoms with Gasteiger partial charge in [-0.1, -0.05) is 26.7 Å². The number of nitrogens with zero attached hydrogens (tertiary/aromatic N) is 1. The van der Waals surface area contributed by atoms with Crippen molar-refractivity contribution >= 4 is 5.91 Å². The van der Waals surface area contributed by atoms with E-state index in [4.69, 9.17) is 5.73 Å². The SMILES string of the molecule is CC(C)CN(C1CCCC1)C(C)C(N)=O. The lowest BCUT2D eigenvalue weighted by molar-refractivity contribution is -0.123. The molecule has 1 rings (SSSR count). The lowest BCUT2D eigenvalue weighted by atomic mass is 10.1. The van der Waals surface area contributed by atoms with Crippen LogP contribution in [0.25, 0.3) is 0 Å². The van der Waals surface area contributed by atoms with Gasteiger partial charge in [-0.05, 0) is 25.7 Å². The molecular formula is C12H24N2O. The Morgan fingerprint density at radius 3 is 2.27 bits per heavy atom. The second-order valence-corrected chi connectivity index (χ2v) is 5.11. The van der Waals surface area contributed by atoms with Crippen molar-refractivity contribution in [3.8, 4) is 0 Å². The number of primary amides is 1. The van der Waals surface area contributed by atoms with Gasteiger partial charge in [-0.2, -0.15) is 0 Å². The van der Waals surface area contributed by atoms with Crippen molar-refractivity contribution in [2.24, 2.45) is 11.7 Å². The number of nitrogens with two attached hydrogens (primary N) is 1. The molecule has 1 fully saturated rings. The summed E-state index contributed by atoms with van der Waals surface area (Å²) >= 11 is 0. The van der Waals surface area contributed by atoms with Gasteiger partial charge in [-0.25, -0.2) is 0 Å². The summed E-state index contributed by atoms with van der Waals surface area (Å²) < 4.78 is 0. The van der Waals surface area contributed by atoms with Crippen molar-refractivity contribution in [1.29, 1.82) is 0 Å². The minimum atomic E-state index is -0.192. The van der Waals surface area contributed by atoms with E-state index in [1.54, 1.807) is 0 Å². The molecule has 88 valence electrons. The maximum absolute atomic E-state index is 11.3. The zero-order valence-electron chi connectivity index (χ0n) is 10.2. The van der Waals surface area contributed by atoms with Crippen LogP contribution in [0.4, 0.5) is 0 Å². The molecule has 0 radical (unpaired) electrons. The van der Waals surface area contributed by atoms with Crippen LogP contribution in [0, 0.1) is 5.92 Å². The van der Waals surface area contributed by atoms with Gasteiger partial charge in [0, 0.05) is 12.6 Å². The van der Waals surface area contributed by atoms with Crippen molar-refractivity contribution in [3.63, 3.8) is 0 Å². The summed E-state index contributed by atoms with van der Waals surface area (Å²) in [6, 6.07) is 0.463. The first-order valence-corrected chi connectivity index (χ1v) is 6.07. The van der Waals surface area contributed by atoms with E-state index in [0.29, 0.717) is 12.0 Å². The minimum Gasteiger partial charge on any atom is -0.368 e. The third-order valence-corrected chi connectivity index (χ3v) is 3.28. The fourth-order valence-electron chi connectivity index (χ4n) is 2.44. The molecule has 0 bridgehead atoms. The standard InChI is InChI=1S/C12H24N2O/c1-9(2)8-14(10(3)12(13)15)11-6-4-5-7-11/h9-11H,4-8H2,1-3H3,(H2,13,15). The van der Waals surface area contributed by atoms with Gasteiger partial charge in [-0.15, -0.1) is 0 Å². The highest BCUT2D eigenvalue weighted by Gasteiger charge is 2.29. The molecule has 15 heavy (non-hydrogen) atoms. The molecule has 0 aromatic rings. The van der Waals surface area contributed by atoms with Crippen molar-refractivity contribution in [2.45, 2.75) is 58.5 Å². The molecule has 3 heteroatoms. The van der Waals surface area contributed by atoms with E-state index in [-0.39, 0.29) is 11.9 Å². The summed E-state index contributed by atoms with van der Waals surface area (Å²) in [7, 11) is 0. The molecule has 0 saturated heterocycles. The number of rotatable bonds is 5. The Morgan fingerprint density at radius 1 is 1.33 bits per heavy atom. The molecule has 1 aliphatic rings. The van der Waals surface area contributed by atoms with E-state index in [9.17, 15) is 4.79 Å². The number of carbonyl (C=O) groups is 1. The van der Waals surface area contributed by atoms with Crippen molar-refractivity contribution in [1.82, 2.24) is 4.90 Å². The van der Waals surface area contributed by atoms with E-state index in [2.05, 4.69) is 18.7 Å². The Balaban J connectivity index is 2.62. The summed E-state index contributed by atoms with van der Waals surface area (Å²) in [4.78, 5) is 13.6. The lowest BCUT2D eigenvalue weighted by Gasteiger charge is -2.34. The molecule has 1 unspecified atom stereocenters. The molecule has 0 heterocycles. The van der Waals surface area contributed by atoms with Crippen LogP contribution >= 0.6 is 0 Å². The van der Waals surface area contributed by atoms with Crippen LogP contribution in [0.5, 0.6) is 0 Å². The highest BCUT2D eigenvalue weighted by Crippen LogP contribution is 2.25. The lowest BCUT2D eigenvalue weighted by Crippen LogP contribution is -2.48. The largest absolute Gasteiger partial charge is 0.368 e. The Bertz CT molecular complexity index is 210. The molecule has 1 aliphatic carbocycles. The van der Waals surface area contributed by atoms with E-state index in [1.165, 1.54) is 25.7 Å². The second kappa shape index (κ2) is 5.50. The zero-order valence-corrected chi connectivity index (χ0v) is 10.2. The van der Waals surface area contributed by atoms with Gasteiger partial charge >= 0.3 is 0 Å². The topological polar surface area (TPSA) is 46.3 Å². The van der Waals surface area contributed by atoms with Gasteiger partial charge < -0.3 is 5.73 Å². The molecule has 1 atom stereocenters. The molecular weight excluding hydrogens is 188 g/mol. The average Bonchev–Trinajstić information content (AvgIpc) is 2.65. The Labute approximate surface area is 93.0 Å². The van der Waals surface area contributed by atoms with E-state index >= 15 is 0 Å². The van der Waals surface area contributed by atoms with Crippen LogP contribution in [-0.2, 0) is 4.79 Å². The molecule has 0 spiro atoms. The third-order valence-electron chi connectivity index (χ3n) is 3.28. The Hall–Kier alpha value is -0.570. The van der Waals surface area contributed by atoms with Crippen LogP contribution in [-0.4, -0.2) is 29.4 Å². The first kappa shape index (κ1) is 12.5. The fourth-order valence-corrected chi connectivity index (χ4v) is 2.44. The predicted octanol–water partition coefficient (Wildman–Crippen LogP) is 1.76. The highest BCUT2D eigenvalue weighted by molar-refractivity contribution is 5.79. The molecule has 0 aliphatic heterocycles. The van der Waals surface area contributed by atoms with E-state index in [1.807, 2.05) is 6.92 Å². The summed E-state index contributed by atoms with van der Waals surface area (Å²) in [5, 5.41) is 0. The summed E-state index contributed by atoms with van der Waals surface area (Å²) in [5.74, 6) is 0.398. The molecule has 1 amide bonds. The highest BCUT2D eigenvalue weighted by atomic mass is 16.1. The van der Waals surface area contributed by atoms with E-state index < -0.39 is 0 Å². The summed E-state index contributed by atoms with van der Waals surface area (Å²) in [6.45, 7) is 7.29. The van der Waals surface area contributed by atoms with Crippen molar-refractivity contribution in [2.75, 3.05) is 6.54 Å². The maximum Gasteiger partial charge on any atom is 0.234 e. The van der Waals surface area contributed by atoms with Gasteiger partial charge in [0.05, 0.1) is 6.04 Å². The number of carbonyl (C=O) groups excluding carboxylic acids is 1. The Kier molecular flexibility index (Phi) is 4.58. The summed E-state index contributed by atoms with van der Waals surface area (Å²) in [6.07, 6.45) is 5.05. The van der Waals surface area contributed by atoms with Crippen LogP contribution in [0.2, 0.25) is 0 Å². The number of hydrogen-bond donors (Lipinski definition) is 1. The minimum absolute atomic E-state index is 0.115. The molecule has 0 aromatic carbocycles. The monoisotopic (exact) mass is 212 g/mol. The van der Waals surface area contributed by atoms with Gasteiger partial charge in [0.2, 0.25) is 5.91 Å². The van der Waals surface area contributed by atoms with Crippen molar-refractivity contribution in [3.05, 3.63) is 0 Å². The van der Waals surface area contributed by atoms with Gasteiger partial charge in [0.1, 0.15) is 0 Å². The average molecular weight is 212 g/mol. The zero-order chi connectivity index (χ0) is 11.4. The molecule has 3 nitrogen and oxygen atoms in total. The number of hydrogen-bond acceptors (Lipinski definition) is 2. The fraction of sp³-hybridized carbons (Fsp3) is 0.917. The predicted molar refractivity (Wildman–Crippen MR) is 62.5 cm³/mol. The first-order chi connectivity index (χ1) is 7.02. The number of amides is 1. The van der Waals surface area contributed by atoms with Crippen LogP contribution in [0.3, 0.4) is 0 Å². The van der Waals surface area contributed by atoms with Crippen LogP contribution < -0.4 is 5.73 Å². The van der Waals surface area contributed by atoms with Crippen molar-refractivity contribution < 1.29 is 4.79 Å². The Morgan fingerprint density at radius 2 is 1.87 bits per heavy atom. The summed E-state index contributed by atoms with van der Waals surface area (Å²) in [5.41, 5.74) is 5.40.